The molecule has 0 unspecified atom stereocenters. The quantitative estimate of drug-likeness (QED) is 0.733. The average molecular weight is 403 g/mol. The molecule has 1 aromatic heterocycles. The van der Waals surface area contributed by atoms with Crippen molar-refractivity contribution >= 4 is 39.8 Å². The van der Waals surface area contributed by atoms with Gasteiger partial charge in [-0.05, 0) is 37.6 Å². The lowest BCUT2D eigenvalue weighted by Gasteiger charge is -2.20. The largest absolute Gasteiger partial charge is 0.451 e. The molecule has 0 bridgehead atoms. The van der Waals surface area contributed by atoms with E-state index < -0.39 is 11.4 Å². The molecule has 28 heavy (non-hydrogen) atoms. The number of hydrogen-bond donors (Lipinski definition) is 1. The molecule has 1 heterocycles. The number of nitrogens with zero attached hydrogens (tertiary/aromatic N) is 1. The van der Waals surface area contributed by atoms with Crippen molar-refractivity contribution in [2.75, 3.05) is 23.4 Å². The van der Waals surface area contributed by atoms with Gasteiger partial charge in [0.1, 0.15) is 4.88 Å². The third-order valence-electron chi connectivity index (χ3n) is 4.03. The van der Waals surface area contributed by atoms with Gasteiger partial charge in [0.2, 0.25) is 5.91 Å². The lowest BCUT2D eigenvalue weighted by molar-refractivity contribution is -0.123. The van der Waals surface area contributed by atoms with Crippen LogP contribution in [0.15, 0.2) is 36.4 Å². The number of nitrogens with one attached hydrogen (secondary N) is 1. The molecule has 2 aromatic rings. The maximum Gasteiger partial charge on any atom is 0.349 e. The van der Waals surface area contributed by atoms with Crippen LogP contribution in [0, 0.1) is 12.3 Å². The van der Waals surface area contributed by atoms with E-state index in [2.05, 4.69) is 5.32 Å². The second-order valence-electron chi connectivity index (χ2n) is 7.38. The Balaban J connectivity index is 2.01. The summed E-state index contributed by atoms with van der Waals surface area (Å²) in [6.45, 7) is 9.20. The van der Waals surface area contributed by atoms with E-state index in [-0.39, 0.29) is 18.4 Å². The van der Waals surface area contributed by atoms with Crippen LogP contribution in [0.4, 0.5) is 10.7 Å². The number of carbonyl (C=O) groups excluding carboxylic acids is 3. The van der Waals surface area contributed by atoms with E-state index in [9.17, 15) is 14.4 Å². The predicted molar refractivity (Wildman–Crippen MR) is 112 cm³/mol. The summed E-state index contributed by atoms with van der Waals surface area (Å²) in [7, 11) is 0. The highest BCUT2D eigenvalue weighted by atomic mass is 32.1. The van der Waals surface area contributed by atoms with E-state index in [0.717, 1.165) is 17.0 Å². The summed E-state index contributed by atoms with van der Waals surface area (Å²) in [5, 5.41) is 3.39. The third kappa shape index (κ3) is 5.42. The van der Waals surface area contributed by atoms with Gasteiger partial charge in [-0.3, -0.25) is 9.59 Å². The molecule has 0 saturated carbocycles. The molecular weight excluding hydrogens is 376 g/mol. The highest BCUT2D eigenvalue weighted by molar-refractivity contribution is 7.18. The molecule has 0 aliphatic rings. The van der Waals surface area contributed by atoms with Gasteiger partial charge in [-0.15, -0.1) is 11.3 Å². The number of thiophene rings is 1. The second kappa shape index (κ2) is 9.01. The maximum atomic E-state index is 12.5. The standard InChI is InChI=1S/C21H26N2O4S/c1-6-23(15-10-8-7-9-11-15)17(24)13-27-19(25)18-14(2)12-16(28-18)22-20(26)21(3,4)5/h7-12H,6,13H2,1-5H3,(H,22,26). The lowest BCUT2D eigenvalue weighted by Crippen LogP contribution is -2.34. The maximum absolute atomic E-state index is 12.5. The zero-order valence-electron chi connectivity index (χ0n) is 16.9. The molecular formula is C21H26N2O4S. The highest BCUT2D eigenvalue weighted by Gasteiger charge is 2.24. The fourth-order valence-electron chi connectivity index (χ4n) is 2.43. The van der Waals surface area contributed by atoms with Gasteiger partial charge in [-0.2, -0.15) is 0 Å². The van der Waals surface area contributed by atoms with Crippen molar-refractivity contribution in [1.82, 2.24) is 0 Å². The van der Waals surface area contributed by atoms with Crippen molar-refractivity contribution in [3.05, 3.63) is 46.8 Å². The average Bonchev–Trinajstić information content (AvgIpc) is 3.00. The van der Waals surface area contributed by atoms with E-state index >= 15 is 0 Å². The minimum Gasteiger partial charge on any atom is -0.451 e. The molecule has 0 aliphatic carbocycles. The number of esters is 1. The van der Waals surface area contributed by atoms with Gasteiger partial charge in [-0.1, -0.05) is 39.0 Å². The summed E-state index contributed by atoms with van der Waals surface area (Å²) in [5.74, 6) is -1.00. The van der Waals surface area contributed by atoms with Crippen LogP contribution < -0.4 is 10.2 Å². The first kappa shape index (κ1) is 21.6. The summed E-state index contributed by atoms with van der Waals surface area (Å²) in [6.07, 6.45) is 0. The summed E-state index contributed by atoms with van der Waals surface area (Å²) < 4.78 is 5.23. The third-order valence-corrected chi connectivity index (χ3v) is 5.17. The van der Waals surface area contributed by atoms with Crippen LogP contribution in [0.1, 0.15) is 42.9 Å². The number of amides is 2. The van der Waals surface area contributed by atoms with Crippen molar-refractivity contribution in [3.63, 3.8) is 0 Å². The van der Waals surface area contributed by atoms with Crippen molar-refractivity contribution in [2.45, 2.75) is 34.6 Å². The Morgan fingerprint density at radius 3 is 2.36 bits per heavy atom. The number of ether oxygens (including phenoxy) is 1. The fraction of sp³-hybridized carbons (Fsp3) is 0.381. The molecule has 0 aliphatic heterocycles. The molecule has 1 N–H and O–H groups in total. The van der Waals surface area contributed by atoms with E-state index in [1.165, 1.54) is 0 Å². The molecule has 0 radical (unpaired) electrons. The van der Waals surface area contributed by atoms with Crippen molar-refractivity contribution < 1.29 is 19.1 Å². The van der Waals surface area contributed by atoms with E-state index in [1.807, 2.05) is 58.0 Å². The fourth-order valence-corrected chi connectivity index (χ4v) is 3.39. The Labute approximate surface area is 169 Å². The molecule has 7 heteroatoms. The molecule has 6 nitrogen and oxygen atoms in total. The lowest BCUT2D eigenvalue weighted by atomic mass is 9.96. The summed E-state index contributed by atoms with van der Waals surface area (Å²) in [4.78, 5) is 38.9. The Morgan fingerprint density at radius 2 is 1.79 bits per heavy atom. The first-order valence-electron chi connectivity index (χ1n) is 9.08. The number of hydrogen-bond acceptors (Lipinski definition) is 5. The predicted octanol–water partition coefficient (Wildman–Crippen LogP) is 4.25. The van der Waals surface area contributed by atoms with Gasteiger partial charge < -0.3 is 15.0 Å². The van der Waals surface area contributed by atoms with Crippen molar-refractivity contribution in [2.24, 2.45) is 5.41 Å². The van der Waals surface area contributed by atoms with Crippen LogP contribution in [0.25, 0.3) is 0 Å². The molecule has 150 valence electrons. The van der Waals surface area contributed by atoms with Crippen LogP contribution in [-0.2, 0) is 14.3 Å². The van der Waals surface area contributed by atoms with Gasteiger partial charge >= 0.3 is 5.97 Å². The molecule has 1 aromatic carbocycles. The normalized spacial score (nSPS) is 11.0. The van der Waals surface area contributed by atoms with Crippen LogP contribution in [0.3, 0.4) is 0 Å². The molecule has 2 rings (SSSR count). The van der Waals surface area contributed by atoms with Crippen molar-refractivity contribution in [1.29, 1.82) is 0 Å². The monoisotopic (exact) mass is 402 g/mol. The van der Waals surface area contributed by atoms with E-state index in [1.54, 1.807) is 17.9 Å². The van der Waals surface area contributed by atoms with Gasteiger partial charge in [0.15, 0.2) is 6.61 Å². The van der Waals surface area contributed by atoms with Crippen LogP contribution in [0.2, 0.25) is 0 Å². The SMILES string of the molecule is CCN(C(=O)COC(=O)c1sc(NC(=O)C(C)(C)C)cc1C)c1ccccc1. The molecule has 0 saturated heterocycles. The van der Waals surface area contributed by atoms with Crippen LogP contribution in [0.5, 0.6) is 0 Å². The Morgan fingerprint density at radius 1 is 1.14 bits per heavy atom. The number of aryl methyl sites for hydroxylation is 1. The topological polar surface area (TPSA) is 75.7 Å². The van der Waals surface area contributed by atoms with Gasteiger partial charge in [0.25, 0.3) is 5.91 Å². The molecule has 2 amide bonds. The minimum atomic E-state index is -0.573. The molecule has 0 spiro atoms. The van der Waals surface area contributed by atoms with E-state index in [0.29, 0.717) is 22.0 Å². The Kier molecular flexibility index (Phi) is 6.96. The zero-order chi connectivity index (χ0) is 20.9. The summed E-state index contributed by atoms with van der Waals surface area (Å²) in [6, 6.07) is 11.0. The Hall–Kier alpha value is -2.67. The number of benzene rings is 1. The van der Waals surface area contributed by atoms with Gasteiger partial charge in [-0.25, -0.2) is 4.79 Å². The summed E-state index contributed by atoms with van der Waals surface area (Å²) in [5.41, 5.74) is 0.916. The molecule has 0 fully saturated rings. The smallest absolute Gasteiger partial charge is 0.349 e. The van der Waals surface area contributed by atoms with Crippen LogP contribution >= 0.6 is 11.3 Å². The number of rotatable bonds is 6. The van der Waals surface area contributed by atoms with E-state index in [4.69, 9.17) is 4.74 Å². The minimum absolute atomic E-state index is 0.134. The first-order chi connectivity index (χ1) is 13.1. The van der Waals surface area contributed by atoms with Crippen molar-refractivity contribution in [3.8, 4) is 0 Å². The van der Waals surface area contributed by atoms with Gasteiger partial charge in [0, 0.05) is 17.6 Å². The van der Waals surface area contributed by atoms with Crippen LogP contribution in [-0.4, -0.2) is 30.9 Å². The molecule has 0 atom stereocenters. The first-order valence-corrected chi connectivity index (χ1v) is 9.89. The second-order valence-corrected chi connectivity index (χ2v) is 8.43. The number of para-hydroxylation sites is 1. The van der Waals surface area contributed by atoms with Gasteiger partial charge in [0.05, 0.1) is 5.00 Å². The summed E-state index contributed by atoms with van der Waals surface area (Å²) >= 11 is 1.14. The Bertz CT molecular complexity index is 853. The highest BCUT2D eigenvalue weighted by Crippen LogP contribution is 2.29. The number of anilines is 2. The number of likely N-dealkylation sites (N-methyl/N-ethyl adjacent to an activating group) is 1. The number of carbonyl (C=O) groups is 3. The zero-order valence-corrected chi connectivity index (χ0v) is 17.7.